The van der Waals surface area contributed by atoms with E-state index in [4.69, 9.17) is 0 Å². The van der Waals surface area contributed by atoms with Gasteiger partial charge in [-0.2, -0.15) is 0 Å². The van der Waals surface area contributed by atoms with Crippen molar-refractivity contribution in [1.29, 1.82) is 0 Å². The summed E-state index contributed by atoms with van der Waals surface area (Å²) in [5.74, 6) is 1.26. The van der Waals surface area contributed by atoms with Crippen molar-refractivity contribution in [2.75, 3.05) is 13.1 Å². The zero-order valence-electron chi connectivity index (χ0n) is 16.0. The fourth-order valence-electron chi connectivity index (χ4n) is 3.74. The number of thiol groups is 1. The molecule has 0 unspecified atom stereocenters. The third-order valence-electron chi connectivity index (χ3n) is 5.23. The number of rotatable bonds is 7. The Morgan fingerprint density at radius 1 is 1.10 bits per heavy atom. The van der Waals surface area contributed by atoms with Crippen molar-refractivity contribution < 1.29 is 8.42 Å². The van der Waals surface area contributed by atoms with Crippen LogP contribution >= 0.6 is 0 Å². The number of aromatic nitrogens is 4. The van der Waals surface area contributed by atoms with Crippen LogP contribution in [-0.4, -0.2) is 46.4 Å². The molecule has 9 heteroatoms. The molecule has 0 saturated carbocycles. The van der Waals surface area contributed by atoms with Gasteiger partial charge in [-0.05, 0) is 55.1 Å². The van der Waals surface area contributed by atoms with Crippen molar-refractivity contribution in [3.05, 3.63) is 71.7 Å². The molecule has 0 bridgehead atoms. The molecule has 152 valence electrons. The second-order valence-corrected chi connectivity index (χ2v) is 8.06. The van der Waals surface area contributed by atoms with Gasteiger partial charge >= 0.3 is 0 Å². The summed E-state index contributed by atoms with van der Waals surface area (Å²) in [6.07, 6.45) is 5.82. The highest BCUT2D eigenvalue weighted by Crippen LogP contribution is 2.29. The van der Waals surface area contributed by atoms with E-state index in [-0.39, 0.29) is 0 Å². The van der Waals surface area contributed by atoms with Gasteiger partial charge in [-0.1, -0.05) is 35.5 Å². The van der Waals surface area contributed by atoms with Crippen LogP contribution in [0.2, 0.25) is 0 Å². The average molecular weight is 413 g/mol. The van der Waals surface area contributed by atoms with E-state index in [0.29, 0.717) is 12.5 Å². The minimum atomic E-state index is -2.57. The highest BCUT2D eigenvalue weighted by atomic mass is 32.2. The van der Waals surface area contributed by atoms with Crippen LogP contribution in [0.5, 0.6) is 0 Å². The Morgan fingerprint density at radius 2 is 1.97 bits per heavy atom. The van der Waals surface area contributed by atoms with Crippen LogP contribution in [-0.2, 0) is 24.0 Å². The van der Waals surface area contributed by atoms with Crippen molar-refractivity contribution in [2.45, 2.75) is 31.8 Å². The van der Waals surface area contributed by atoms with Crippen LogP contribution in [0.3, 0.4) is 0 Å². The van der Waals surface area contributed by atoms with E-state index < -0.39 is 10.9 Å². The second kappa shape index (κ2) is 9.25. The number of hydrogen-bond donors (Lipinski definition) is 2. The number of hydrogen-bond acceptors (Lipinski definition) is 6. The van der Waals surface area contributed by atoms with E-state index in [0.717, 1.165) is 49.6 Å². The molecule has 8 nitrogen and oxygen atoms in total. The topological polar surface area (TPSA) is 93.0 Å². The predicted octanol–water partition coefficient (Wildman–Crippen LogP) is 1.66. The number of nitrogens with zero attached hydrogens (tertiary/aromatic N) is 5. The Balaban J connectivity index is 1.32. The van der Waals surface area contributed by atoms with Gasteiger partial charge in [0.15, 0.2) is 5.82 Å². The Kier molecular flexibility index (Phi) is 6.28. The first-order valence-electron chi connectivity index (χ1n) is 9.69. The van der Waals surface area contributed by atoms with Crippen LogP contribution < -0.4 is 4.72 Å². The van der Waals surface area contributed by atoms with Gasteiger partial charge in [0.25, 0.3) is 0 Å². The van der Waals surface area contributed by atoms with Gasteiger partial charge in [-0.3, -0.25) is 4.90 Å². The Labute approximate surface area is 171 Å². The maximum absolute atomic E-state index is 10.7. The molecule has 3 aromatic rings. The average Bonchev–Trinajstić information content (AvgIpc) is 3.22. The Morgan fingerprint density at radius 3 is 2.72 bits per heavy atom. The summed E-state index contributed by atoms with van der Waals surface area (Å²) in [7, 11) is -2.57. The van der Waals surface area contributed by atoms with Gasteiger partial charge in [0.1, 0.15) is 0 Å². The second-order valence-electron chi connectivity index (χ2n) is 7.23. The van der Waals surface area contributed by atoms with Crippen molar-refractivity contribution in [1.82, 2.24) is 29.6 Å². The van der Waals surface area contributed by atoms with Crippen molar-refractivity contribution in [2.24, 2.45) is 0 Å². The molecule has 0 radical (unpaired) electrons. The normalized spacial score (nSPS) is 15.8. The Bertz CT molecular complexity index is 1000. The first-order valence-corrected chi connectivity index (χ1v) is 10.9. The van der Waals surface area contributed by atoms with E-state index in [1.807, 2.05) is 36.5 Å². The number of piperidine rings is 1. The summed E-state index contributed by atoms with van der Waals surface area (Å²) in [4.78, 5) is 6.69. The summed E-state index contributed by atoms with van der Waals surface area (Å²) in [6, 6.07) is 13.9. The van der Waals surface area contributed by atoms with Crippen LogP contribution in [0, 0.1) is 0 Å². The monoisotopic (exact) mass is 412 g/mol. The lowest BCUT2D eigenvalue weighted by molar-refractivity contribution is 0.202. The van der Waals surface area contributed by atoms with Gasteiger partial charge in [-0.25, -0.2) is 22.8 Å². The quantitative estimate of drug-likeness (QED) is 0.574. The smallest absolute Gasteiger partial charge is 0.201 e. The molecular formula is C20H24N6O2S. The lowest BCUT2D eigenvalue weighted by Crippen LogP contribution is -2.32. The van der Waals surface area contributed by atoms with Crippen LogP contribution in [0.25, 0.3) is 5.82 Å². The molecule has 2 aromatic heterocycles. The predicted molar refractivity (Wildman–Crippen MR) is 110 cm³/mol. The number of nitrogens with one attached hydrogen (secondary N) is 1. The van der Waals surface area contributed by atoms with Crippen LogP contribution in [0.15, 0.2) is 54.9 Å². The lowest BCUT2D eigenvalue weighted by Gasteiger charge is -2.31. The molecule has 1 aliphatic heterocycles. The minimum absolute atomic E-state index is 0.345. The molecule has 0 spiro atoms. The zero-order chi connectivity index (χ0) is 20.1. The minimum Gasteiger partial charge on any atom is -0.297 e. The molecule has 0 amide bonds. The first kappa shape index (κ1) is 19.7. The molecule has 1 N–H and O–H groups in total. The zero-order valence-corrected chi connectivity index (χ0v) is 16.9. The van der Waals surface area contributed by atoms with Gasteiger partial charge in [-0.15, -0.1) is 5.10 Å². The molecule has 1 aliphatic rings. The van der Waals surface area contributed by atoms with E-state index in [1.165, 1.54) is 5.56 Å². The van der Waals surface area contributed by atoms with E-state index >= 15 is 0 Å². The summed E-state index contributed by atoms with van der Waals surface area (Å²) in [5, 5.41) is 8.47. The summed E-state index contributed by atoms with van der Waals surface area (Å²) >= 11 is 0. The van der Waals surface area contributed by atoms with E-state index in [2.05, 4.69) is 37.1 Å². The summed E-state index contributed by atoms with van der Waals surface area (Å²) in [6.45, 7) is 3.11. The standard InChI is InChI=1S/C20H24N6O2S/c27-29(28)22-13-16-4-3-5-18(12-16)17-7-10-25(11-8-17)14-19-15-26(24-23-19)20-6-1-2-9-21-20/h1-6,9,12,15,17,29H,7-8,10-11,13-14H2,(H,22,27,28). The number of likely N-dealkylation sites (tertiary alicyclic amines) is 1. The number of benzene rings is 1. The van der Waals surface area contributed by atoms with Crippen molar-refractivity contribution >= 4 is 10.9 Å². The maximum Gasteiger partial charge on any atom is 0.201 e. The van der Waals surface area contributed by atoms with E-state index in [9.17, 15) is 8.42 Å². The van der Waals surface area contributed by atoms with Gasteiger partial charge in [0, 0.05) is 19.3 Å². The number of pyridine rings is 1. The molecule has 0 aliphatic carbocycles. The largest absolute Gasteiger partial charge is 0.297 e. The summed E-state index contributed by atoms with van der Waals surface area (Å²) in [5.41, 5.74) is 3.22. The molecule has 1 aromatic carbocycles. The SMILES string of the molecule is O=[SH](=O)NCc1cccc(C2CCN(Cc3cn(-c4ccccn4)nn3)CC2)c1. The van der Waals surface area contributed by atoms with Gasteiger partial charge in [0.2, 0.25) is 10.9 Å². The molecule has 1 saturated heterocycles. The van der Waals surface area contributed by atoms with Gasteiger partial charge in [0.05, 0.1) is 11.9 Å². The molecule has 0 atom stereocenters. The van der Waals surface area contributed by atoms with Crippen molar-refractivity contribution in [3.8, 4) is 5.82 Å². The van der Waals surface area contributed by atoms with Crippen molar-refractivity contribution in [3.63, 3.8) is 0 Å². The van der Waals surface area contributed by atoms with E-state index in [1.54, 1.807) is 10.9 Å². The molecule has 3 heterocycles. The van der Waals surface area contributed by atoms with Crippen LogP contribution in [0.1, 0.15) is 35.6 Å². The molecule has 29 heavy (non-hydrogen) atoms. The summed E-state index contributed by atoms with van der Waals surface area (Å²) < 4.78 is 25.6. The highest BCUT2D eigenvalue weighted by Gasteiger charge is 2.21. The highest BCUT2D eigenvalue weighted by molar-refractivity contribution is 7.70. The fraction of sp³-hybridized carbons (Fsp3) is 0.350. The third-order valence-corrected chi connectivity index (χ3v) is 5.65. The molecular weight excluding hydrogens is 388 g/mol. The van der Waals surface area contributed by atoms with Gasteiger partial charge < -0.3 is 0 Å². The first-order chi connectivity index (χ1) is 14.2. The maximum atomic E-state index is 10.7. The Hall–Kier alpha value is -2.62. The molecule has 4 rings (SSSR count). The lowest BCUT2D eigenvalue weighted by atomic mass is 9.88. The fourth-order valence-corrected chi connectivity index (χ4v) is 4.05. The molecule has 1 fully saturated rings. The third kappa shape index (κ3) is 5.26. The van der Waals surface area contributed by atoms with Crippen LogP contribution in [0.4, 0.5) is 0 Å².